The van der Waals surface area contributed by atoms with Crippen molar-refractivity contribution in [3.8, 4) is 22.8 Å². The van der Waals surface area contributed by atoms with Gasteiger partial charge in [-0.15, -0.1) is 11.3 Å². The number of anilines is 2. The number of nitrogens with one attached hydrogen (secondary N) is 1. The molecule has 0 amide bonds. The molecular weight excluding hydrogens is 629 g/mol. The quantitative estimate of drug-likeness (QED) is 0.193. The number of fused-ring (bicyclic) bond motifs is 8. The van der Waals surface area contributed by atoms with Gasteiger partial charge in [0.25, 0.3) is 0 Å². The summed E-state index contributed by atoms with van der Waals surface area (Å²) in [6.45, 7) is 4.21. The number of thiophene rings is 1. The number of hydrogen-bond acceptors (Lipinski definition) is 3. The van der Waals surface area contributed by atoms with E-state index in [1.54, 1.807) is 0 Å². The van der Waals surface area contributed by atoms with Crippen molar-refractivity contribution in [2.24, 2.45) is 0 Å². The zero-order valence-corrected chi connectivity index (χ0v) is 27.9. The minimum Gasteiger partial charge on any atom is -0.355 e. The minimum atomic E-state index is 0.920. The molecule has 10 rings (SSSR count). The summed E-state index contributed by atoms with van der Waals surface area (Å²) in [6, 6.07) is 55.9. The highest BCUT2D eigenvalue weighted by Gasteiger charge is 2.20. The highest BCUT2D eigenvalue weighted by atomic mass is 32.1. The molecule has 7 aromatic carbocycles. The van der Waals surface area contributed by atoms with Crippen LogP contribution in [-0.4, -0.2) is 14.1 Å². The molecule has 1 N–H and O–H groups in total. The van der Waals surface area contributed by atoms with Gasteiger partial charge in [-0.3, -0.25) is 4.57 Å². The molecule has 0 aliphatic carbocycles. The number of hydrogen-bond donors (Lipinski definition) is 1. The Morgan fingerprint density at radius 1 is 0.580 bits per heavy atom. The molecule has 0 unspecified atom stereocenters. The van der Waals surface area contributed by atoms with Gasteiger partial charge in [-0.05, 0) is 84.4 Å². The molecule has 0 atom stereocenters. The van der Waals surface area contributed by atoms with Gasteiger partial charge in [0, 0.05) is 54.6 Å². The molecule has 236 valence electrons. The van der Waals surface area contributed by atoms with Crippen LogP contribution in [0.1, 0.15) is 5.56 Å². The number of rotatable bonds is 6. The van der Waals surface area contributed by atoms with Crippen LogP contribution in [0.25, 0.3) is 81.9 Å². The van der Waals surface area contributed by atoms with Gasteiger partial charge in [-0.25, -0.2) is 4.98 Å². The van der Waals surface area contributed by atoms with Crippen LogP contribution in [0.15, 0.2) is 164 Å². The van der Waals surface area contributed by atoms with Gasteiger partial charge in [-0.1, -0.05) is 91.5 Å². The lowest BCUT2D eigenvalue weighted by Gasteiger charge is -2.13. The molecule has 0 aliphatic rings. The Morgan fingerprint density at radius 2 is 1.28 bits per heavy atom. The normalized spacial score (nSPS) is 11.7. The second kappa shape index (κ2) is 11.3. The van der Waals surface area contributed by atoms with Crippen LogP contribution in [0.3, 0.4) is 0 Å². The summed E-state index contributed by atoms with van der Waals surface area (Å²) >= 11 is 1.86. The first-order valence-corrected chi connectivity index (χ1v) is 17.6. The predicted molar refractivity (Wildman–Crippen MR) is 214 cm³/mol. The van der Waals surface area contributed by atoms with Crippen molar-refractivity contribution in [1.82, 2.24) is 14.1 Å². The fourth-order valence-corrected chi connectivity index (χ4v) is 8.62. The Kier molecular flexibility index (Phi) is 6.48. The molecule has 0 aliphatic heterocycles. The largest absolute Gasteiger partial charge is 0.355 e. The Bertz CT molecular complexity index is 2900. The van der Waals surface area contributed by atoms with E-state index in [4.69, 9.17) is 4.98 Å². The van der Waals surface area contributed by atoms with Gasteiger partial charge >= 0.3 is 0 Å². The SMILES string of the molecule is C=Cc1cc2c(cc1Nc1ccccc1)c1ccc3c4ccccc4sc3c1n2-c1ccc(-c2nc3ccccc3n2-c2ccccc2)cc1. The van der Waals surface area contributed by atoms with Crippen molar-refractivity contribution in [2.45, 2.75) is 0 Å². The first-order valence-electron chi connectivity index (χ1n) is 16.8. The molecule has 3 heterocycles. The summed E-state index contributed by atoms with van der Waals surface area (Å²) in [7, 11) is 0. The summed E-state index contributed by atoms with van der Waals surface area (Å²) in [5, 5.41) is 8.64. The van der Waals surface area contributed by atoms with Crippen molar-refractivity contribution in [3.05, 3.63) is 170 Å². The summed E-state index contributed by atoms with van der Waals surface area (Å²) in [4.78, 5) is 5.12. The van der Waals surface area contributed by atoms with Gasteiger partial charge in [0.2, 0.25) is 0 Å². The Morgan fingerprint density at radius 3 is 2.10 bits per heavy atom. The summed E-state index contributed by atoms with van der Waals surface area (Å²) in [6.07, 6.45) is 1.94. The van der Waals surface area contributed by atoms with Crippen molar-refractivity contribution in [3.63, 3.8) is 0 Å². The molecule has 3 aromatic heterocycles. The number of imidazole rings is 1. The number of aromatic nitrogens is 3. The van der Waals surface area contributed by atoms with E-state index in [-0.39, 0.29) is 0 Å². The maximum Gasteiger partial charge on any atom is 0.145 e. The monoisotopic (exact) mass is 658 g/mol. The van der Waals surface area contributed by atoms with Crippen LogP contribution >= 0.6 is 11.3 Å². The van der Waals surface area contributed by atoms with Crippen LogP contribution in [0.5, 0.6) is 0 Å². The highest BCUT2D eigenvalue weighted by molar-refractivity contribution is 7.26. The summed E-state index contributed by atoms with van der Waals surface area (Å²) < 4.78 is 7.27. The lowest BCUT2D eigenvalue weighted by atomic mass is 10.1. The summed E-state index contributed by atoms with van der Waals surface area (Å²) in [5.74, 6) is 0.920. The van der Waals surface area contributed by atoms with Crippen LogP contribution < -0.4 is 5.32 Å². The lowest BCUT2D eigenvalue weighted by molar-refractivity contribution is 1.10. The summed E-state index contributed by atoms with van der Waals surface area (Å²) in [5.41, 5.74) is 10.8. The molecule has 0 spiro atoms. The fraction of sp³-hybridized carbons (Fsp3) is 0. The van der Waals surface area contributed by atoms with Crippen molar-refractivity contribution < 1.29 is 0 Å². The van der Waals surface area contributed by atoms with Crippen LogP contribution in [-0.2, 0) is 0 Å². The van der Waals surface area contributed by atoms with Crippen molar-refractivity contribution >= 4 is 81.8 Å². The highest BCUT2D eigenvalue weighted by Crippen LogP contribution is 2.44. The van der Waals surface area contributed by atoms with Gasteiger partial charge in [0.15, 0.2) is 0 Å². The Hall–Kier alpha value is -6.43. The number of nitrogens with zero attached hydrogens (tertiary/aromatic N) is 3. The molecular formula is C45H30N4S. The molecule has 5 heteroatoms. The smallest absolute Gasteiger partial charge is 0.145 e. The molecule has 0 radical (unpaired) electrons. The fourth-order valence-electron chi connectivity index (χ4n) is 7.38. The standard InChI is InChI=1S/C45H30N4S/c1-2-29-27-41-37(28-39(29)46-31-13-5-3-6-14-31)35-25-26-36-34-17-9-12-20-42(34)50-44(36)43(35)48(41)33-23-21-30(22-24-33)45-47-38-18-10-11-19-40(38)49(45)32-15-7-4-8-16-32/h2-28,46H,1H2. The average molecular weight is 659 g/mol. The molecule has 10 aromatic rings. The topological polar surface area (TPSA) is 34.8 Å². The van der Waals surface area contributed by atoms with E-state index >= 15 is 0 Å². The van der Waals surface area contributed by atoms with Crippen LogP contribution in [0.4, 0.5) is 11.4 Å². The second-order valence-electron chi connectivity index (χ2n) is 12.6. The Labute approximate surface area is 292 Å². The second-order valence-corrected chi connectivity index (χ2v) is 13.6. The van der Waals surface area contributed by atoms with Gasteiger partial charge < -0.3 is 9.88 Å². The number of benzene rings is 7. The molecule has 0 bridgehead atoms. The van der Waals surface area contributed by atoms with E-state index in [1.165, 1.54) is 36.5 Å². The predicted octanol–water partition coefficient (Wildman–Crippen LogP) is 12.5. The van der Waals surface area contributed by atoms with Crippen LogP contribution in [0.2, 0.25) is 0 Å². The van der Waals surface area contributed by atoms with E-state index < -0.39 is 0 Å². The zero-order valence-electron chi connectivity index (χ0n) is 27.0. The maximum absolute atomic E-state index is 5.12. The lowest BCUT2D eigenvalue weighted by Crippen LogP contribution is -1.99. The van der Waals surface area contributed by atoms with E-state index in [0.29, 0.717) is 0 Å². The van der Waals surface area contributed by atoms with Crippen LogP contribution in [0, 0.1) is 0 Å². The van der Waals surface area contributed by atoms with Gasteiger partial charge in [-0.2, -0.15) is 0 Å². The van der Waals surface area contributed by atoms with Crippen molar-refractivity contribution in [2.75, 3.05) is 5.32 Å². The van der Waals surface area contributed by atoms with Gasteiger partial charge in [0.05, 0.1) is 26.8 Å². The number of para-hydroxylation sites is 4. The first kappa shape index (κ1) is 28.6. The maximum atomic E-state index is 5.12. The van der Waals surface area contributed by atoms with E-state index in [9.17, 15) is 0 Å². The van der Waals surface area contributed by atoms with E-state index in [2.05, 4.69) is 167 Å². The minimum absolute atomic E-state index is 0.920. The van der Waals surface area contributed by atoms with Gasteiger partial charge in [0.1, 0.15) is 5.82 Å². The van der Waals surface area contributed by atoms with Crippen molar-refractivity contribution in [1.29, 1.82) is 0 Å². The third kappa shape index (κ3) is 4.41. The molecule has 50 heavy (non-hydrogen) atoms. The third-order valence-electron chi connectivity index (χ3n) is 9.67. The average Bonchev–Trinajstić information content (AvgIpc) is 3.85. The molecule has 0 saturated carbocycles. The molecule has 0 fully saturated rings. The zero-order chi connectivity index (χ0) is 33.2. The van der Waals surface area contributed by atoms with E-state index in [1.807, 2.05) is 29.5 Å². The molecule has 4 nitrogen and oxygen atoms in total. The Balaban J connectivity index is 1.22. The van der Waals surface area contributed by atoms with E-state index in [0.717, 1.165) is 56.3 Å². The first-order chi connectivity index (χ1) is 24.7. The third-order valence-corrected chi connectivity index (χ3v) is 10.9. The molecule has 0 saturated heterocycles.